The molecule has 4 rings (SSSR count). The highest BCUT2D eigenvalue weighted by Crippen LogP contribution is 2.36. The molecule has 0 unspecified atom stereocenters. The minimum absolute atomic E-state index is 0.0238. The van der Waals surface area contributed by atoms with Crippen LogP contribution in [0.2, 0.25) is 0 Å². The topological polar surface area (TPSA) is 84.9 Å². The number of pyridine rings is 1. The molecular formula is C21H24N6. The molecule has 0 aliphatic heterocycles. The molecule has 0 aliphatic rings. The number of rotatable bonds is 4. The van der Waals surface area contributed by atoms with E-state index in [1.165, 1.54) is 5.56 Å². The molecule has 6 heteroatoms. The van der Waals surface area contributed by atoms with Crippen molar-refractivity contribution in [3.63, 3.8) is 0 Å². The van der Waals surface area contributed by atoms with Crippen LogP contribution in [-0.4, -0.2) is 24.8 Å². The van der Waals surface area contributed by atoms with Gasteiger partial charge in [-0.05, 0) is 37.0 Å². The molecular weight excluding hydrogens is 336 g/mol. The summed E-state index contributed by atoms with van der Waals surface area (Å²) in [6, 6.07) is 10.5. The van der Waals surface area contributed by atoms with E-state index in [-0.39, 0.29) is 6.04 Å². The van der Waals surface area contributed by atoms with Crippen LogP contribution in [0.4, 0.5) is 0 Å². The van der Waals surface area contributed by atoms with Gasteiger partial charge in [0.25, 0.3) is 0 Å². The molecule has 1 atom stereocenters. The Morgan fingerprint density at radius 1 is 1.07 bits per heavy atom. The second-order valence-corrected chi connectivity index (χ2v) is 7.37. The fourth-order valence-corrected chi connectivity index (χ4v) is 3.53. The Hall–Kier alpha value is -2.99. The zero-order valence-corrected chi connectivity index (χ0v) is 16.1. The lowest BCUT2D eigenvalue weighted by Crippen LogP contribution is -2.04. The normalized spacial score (nSPS) is 12.8. The highest BCUT2D eigenvalue weighted by Gasteiger charge is 2.20. The summed E-state index contributed by atoms with van der Waals surface area (Å²) in [6.07, 6.45) is 3.57. The molecule has 0 fully saturated rings. The van der Waals surface area contributed by atoms with Crippen molar-refractivity contribution < 1.29 is 0 Å². The maximum atomic E-state index is 5.98. The van der Waals surface area contributed by atoms with Crippen molar-refractivity contribution >= 4 is 5.65 Å². The molecule has 4 aromatic rings. The highest BCUT2D eigenvalue weighted by atomic mass is 15.3. The monoisotopic (exact) mass is 360 g/mol. The first-order chi connectivity index (χ1) is 13.0. The Morgan fingerprint density at radius 3 is 2.48 bits per heavy atom. The van der Waals surface area contributed by atoms with Crippen LogP contribution >= 0.6 is 0 Å². The number of hydrogen-bond donors (Lipinski definition) is 2. The molecule has 0 saturated carbocycles. The van der Waals surface area contributed by atoms with Gasteiger partial charge in [0.15, 0.2) is 5.65 Å². The van der Waals surface area contributed by atoms with Gasteiger partial charge in [-0.2, -0.15) is 10.2 Å². The van der Waals surface area contributed by atoms with Crippen LogP contribution in [0.5, 0.6) is 0 Å². The Balaban J connectivity index is 1.85. The van der Waals surface area contributed by atoms with E-state index in [1.54, 1.807) is 6.33 Å². The molecule has 3 aromatic heterocycles. The molecule has 0 amide bonds. The first-order valence-electron chi connectivity index (χ1n) is 9.20. The van der Waals surface area contributed by atoms with E-state index < -0.39 is 0 Å². The lowest BCUT2D eigenvalue weighted by atomic mass is 9.93. The van der Waals surface area contributed by atoms with Crippen molar-refractivity contribution in [1.82, 2.24) is 24.8 Å². The molecule has 3 N–H and O–H groups in total. The lowest BCUT2D eigenvalue weighted by Gasteiger charge is -2.11. The third-order valence-electron chi connectivity index (χ3n) is 4.94. The smallest absolute Gasteiger partial charge is 0.158 e. The van der Waals surface area contributed by atoms with Crippen molar-refractivity contribution in [1.29, 1.82) is 0 Å². The average molecular weight is 360 g/mol. The molecule has 27 heavy (non-hydrogen) atoms. The minimum atomic E-state index is 0.0238. The largest absolute Gasteiger partial charge is 0.324 e. The Morgan fingerprint density at radius 2 is 1.81 bits per heavy atom. The van der Waals surface area contributed by atoms with Crippen molar-refractivity contribution in [2.24, 2.45) is 5.73 Å². The molecule has 0 aliphatic carbocycles. The summed E-state index contributed by atoms with van der Waals surface area (Å²) < 4.78 is 1.81. The predicted molar refractivity (Wildman–Crippen MR) is 107 cm³/mol. The highest BCUT2D eigenvalue weighted by molar-refractivity contribution is 5.75. The number of aromatic amines is 1. The molecule has 1 aromatic carbocycles. The number of aromatic nitrogens is 5. The van der Waals surface area contributed by atoms with Crippen molar-refractivity contribution in [2.45, 2.75) is 39.7 Å². The summed E-state index contributed by atoms with van der Waals surface area (Å²) in [5, 5.41) is 12.2. The first kappa shape index (κ1) is 17.4. The second-order valence-electron chi connectivity index (χ2n) is 7.37. The molecule has 0 saturated heterocycles. The Bertz CT molecular complexity index is 1090. The number of fused-ring (bicyclic) bond motifs is 1. The standard InChI is InChI=1S/C21H24N6/c1-12(2)18-19(16-7-5-15(6-8-16)14(4)22)25-26-20(18)17-9-13(3)21-23-11-24-27(21)10-17/h5-12,14H,22H2,1-4H3,(H,25,26)/t14-/m1/s1. The zero-order valence-electron chi connectivity index (χ0n) is 16.1. The van der Waals surface area contributed by atoms with Gasteiger partial charge in [0.05, 0.1) is 11.4 Å². The number of nitrogens with zero attached hydrogens (tertiary/aromatic N) is 4. The maximum Gasteiger partial charge on any atom is 0.158 e. The molecule has 0 radical (unpaired) electrons. The third kappa shape index (κ3) is 3.02. The third-order valence-corrected chi connectivity index (χ3v) is 4.94. The minimum Gasteiger partial charge on any atom is -0.324 e. The Labute approximate surface area is 158 Å². The average Bonchev–Trinajstić information content (AvgIpc) is 3.28. The SMILES string of the molecule is Cc1cc(-c2[nH]nc(-c3ccc([C@@H](C)N)cc3)c2C(C)C)cn2ncnc12. The van der Waals surface area contributed by atoms with Crippen LogP contribution in [0.3, 0.4) is 0 Å². The molecule has 6 nitrogen and oxygen atoms in total. The fourth-order valence-electron chi connectivity index (χ4n) is 3.53. The summed E-state index contributed by atoms with van der Waals surface area (Å²) in [6.45, 7) is 8.42. The Kier molecular flexibility index (Phi) is 4.28. The molecule has 0 spiro atoms. The maximum absolute atomic E-state index is 5.98. The van der Waals surface area contributed by atoms with E-state index in [9.17, 15) is 0 Å². The van der Waals surface area contributed by atoms with Crippen molar-refractivity contribution in [2.75, 3.05) is 0 Å². The van der Waals surface area contributed by atoms with Gasteiger partial charge in [-0.15, -0.1) is 0 Å². The zero-order chi connectivity index (χ0) is 19.1. The van der Waals surface area contributed by atoms with Gasteiger partial charge in [0, 0.05) is 28.9 Å². The van der Waals surface area contributed by atoms with Gasteiger partial charge >= 0.3 is 0 Å². The van der Waals surface area contributed by atoms with E-state index >= 15 is 0 Å². The lowest BCUT2D eigenvalue weighted by molar-refractivity contribution is 0.818. The van der Waals surface area contributed by atoms with Crippen molar-refractivity contribution in [3.05, 3.63) is 59.5 Å². The summed E-state index contributed by atoms with van der Waals surface area (Å²) in [5.41, 5.74) is 14.4. The van der Waals surface area contributed by atoms with Crippen LogP contribution in [0.1, 0.15) is 49.4 Å². The van der Waals surface area contributed by atoms with E-state index in [0.29, 0.717) is 5.92 Å². The van der Waals surface area contributed by atoms with Crippen LogP contribution in [-0.2, 0) is 0 Å². The van der Waals surface area contributed by atoms with E-state index in [0.717, 1.165) is 39.3 Å². The van der Waals surface area contributed by atoms with Crippen LogP contribution in [0.25, 0.3) is 28.2 Å². The van der Waals surface area contributed by atoms with Gasteiger partial charge in [-0.25, -0.2) is 9.50 Å². The van der Waals surface area contributed by atoms with Crippen LogP contribution in [0, 0.1) is 6.92 Å². The van der Waals surface area contributed by atoms with Gasteiger partial charge in [0.1, 0.15) is 6.33 Å². The summed E-state index contributed by atoms with van der Waals surface area (Å²) in [5.74, 6) is 0.314. The van der Waals surface area contributed by atoms with Crippen LogP contribution in [0.15, 0.2) is 42.9 Å². The van der Waals surface area contributed by atoms with E-state index in [1.807, 2.05) is 24.6 Å². The first-order valence-corrected chi connectivity index (χ1v) is 9.20. The van der Waals surface area contributed by atoms with Gasteiger partial charge in [-0.3, -0.25) is 5.10 Å². The summed E-state index contributed by atoms with van der Waals surface area (Å²) in [7, 11) is 0. The second kappa shape index (κ2) is 6.63. The molecule has 138 valence electrons. The predicted octanol–water partition coefficient (Wildman–Crippen LogP) is 4.24. The molecule has 3 heterocycles. The number of aryl methyl sites for hydroxylation is 1. The number of H-pyrrole nitrogens is 1. The number of nitrogens with one attached hydrogen (secondary N) is 1. The summed E-state index contributed by atoms with van der Waals surface area (Å²) in [4.78, 5) is 4.30. The van der Waals surface area contributed by atoms with Gasteiger partial charge in [-0.1, -0.05) is 38.1 Å². The quantitative estimate of drug-likeness (QED) is 0.570. The van der Waals surface area contributed by atoms with Crippen LogP contribution < -0.4 is 5.73 Å². The van der Waals surface area contributed by atoms with Crippen molar-refractivity contribution in [3.8, 4) is 22.5 Å². The van der Waals surface area contributed by atoms with Gasteiger partial charge in [0.2, 0.25) is 0 Å². The number of nitrogens with two attached hydrogens (primary N) is 1. The molecule has 0 bridgehead atoms. The number of benzene rings is 1. The summed E-state index contributed by atoms with van der Waals surface area (Å²) >= 11 is 0. The fraction of sp³-hybridized carbons (Fsp3) is 0.286. The van der Waals surface area contributed by atoms with E-state index in [4.69, 9.17) is 5.73 Å². The number of hydrogen-bond acceptors (Lipinski definition) is 4. The van der Waals surface area contributed by atoms with Gasteiger partial charge < -0.3 is 5.73 Å². The van der Waals surface area contributed by atoms with E-state index in [2.05, 4.69) is 64.5 Å².